The van der Waals surface area contributed by atoms with Gasteiger partial charge in [0.1, 0.15) is 17.3 Å². The average molecular weight is 477 g/mol. The van der Waals surface area contributed by atoms with E-state index in [1.54, 1.807) is 18.7 Å². The molecule has 0 radical (unpaired) electrons. The molecule has 182 valence electrons. The van der Waals surface area contributed by atoms with Crippen molar-refractivity contribution in [2.45, 2.75) is 100 Å². The molecule has 1 heterocycles. The Balaban J connectivity index is 1.34. The Labute approximate surface area is 199 Å². The molecule has 1 aromatic heterocycles. The summed E-state index contributed by atoms with van der Waals surface area (Å²) in [5, 5.41) is 18.6. The Hall–Kier alpha value is -1.54. The molecule has 4 bridgehead atoms. The van der Waals surface area contributed by atoms with E-state index in [-0.39, 0.29) is 30.1 Å². The first kappa shape index (κ1) is 23.2. The molecular formula is C25H36N2O5S. The highest BCUT2D eigenvalue weighted by Crippen LogP contribution is 2.55. The summed E-state index contributed by atoms with van der Waals surface area (Å²) in [6.45, 7) is 5.42. The van der Waals surface area contributed by atoms with Gasteiger partial charge in [-0.15, -0.1) is 11.8 Å². The van der Waals surface area contributed by atoms with Gasteiger partial charge < -0.3 is 19.7 Å². The van der Waals surface area contributed by atoms with E-state index in [0.717, 1.165) is 44.9 Å². The lowest BCUT2D eigenvalue weighted by molar-refractivity contribution is -0.137. The van der Waals surface area contributed by atoms with Crippen molar-refractivity contribution in [1.29, 1.82) is 0 Å². The molecule has 0 aromatic carbocycles. The van der Waals surface area contributed by atoms with Crippen molar-refractivity contribution in [3.8, 4) is 5.88 Å². The zero-order chi connectivity index (χ0) is 23.4. The molecule has 8 heteroatoms. The van der Waals surface area contributed by atoms with E-state index < -0.39 is 11.0 Å². The Morgan fingerprint density at radius 2 is 1.88 bits per heavy atom. The fourth-order valence-electron chi connectivity index (χ4n) is 6.56. The second-order valence-corrected chi connectivity index (χ2v) is 12.9. The minimum absolute atomic E-state index is 0.0394. The van der Waals surface area contributed by atoms with E-state index in [4.69, 9.17) is 9.26 Å². The number of nitrogens with one attached hydrogen (secondary N) is 1. The normalized spacial score (nSPS) is 33.5. The molecule has 33 heavy (non-hydrogen) atoms. The number of carbonyl (C=O) groups excluding carboxylic acids is 2. The number of hydrogen-bond donors (Lipinski definition) is 2. The van der Waals surface area contributed by atoms with Gasteiger partial charge in [0.05, 0.1) is 11.0 Å². The standard InChI is InChI=1S/C25H36N2O5S/c1-14(28)24(2,3)13-31-23-21(33-18-6-4-5-7-18)20(32-27-23)22(29)26-19-16-8-15-9-17(19)12-25(30,10-15)11-16/h15-19,30H,4-13H2,1-3H3,(H,26,29)/t15?,16?,17?,19-,25-. The Kier molecular flexibility index (Phi) is 6.05. The van der Waals surface area contributed by atoms with Gasteiger partial charge in [-0.3, -0.25) is 9.59 Å². The van der Waals surface area contributed by atoms with E-state index in [2.05, 4.69) is 10.5 Å². The van der Waals surface area contributed by atoms with Crippen LogP contribution in [-0.4, -0.2) is 45.5 Å². The maximum Gasteiger partial charge on any atom is 0.291 e. The van der Waals surface area contributed by atoms with Gasteiger partial charge in [0.2, 0.25) is 5.76 Å². The van der Waals surface area contributed by atoms with Gasteiger partial charge in [0.25, 0.3) is 11.8 Å². The van der Waals surface area contributed by atoms with Crippen LogP contribution in [0.25, 0.3) is 0 Å². The van der Waals surface area contributed by atoms with Crippen LogP contribution < -0.4 is 10.1 Å². The van der Waals surface area contributed by atoms with Gasteiger partial charge in [-0.25, -0.2) is 0 Å². The number of ketones is 1. The lowest BCUT2D eigenvalue weighted by atomic mass is 9.52. The van der Waals surface area contributed by atoms with Crippen LogP contribution in [-0.2, 0) is 4.79 Å². The number of carbonyl (C=O) groups is 2. The predicted octanol–water partition coefficient (Wildman–Crippen LogP) is 4.37. The first-order valence-electron chi connectivity index (χ1n) is 12.5. The Morgan fingerprint density at radius 3 is 2.48 bits per heavy atom. The summed E-state index contributed by atoms with van der Waals surface area (Å²) in [6, 6.07) is 0.0739. The van der Waals surface area contributed by atoms with Gasteiger partial charge >= 0.3 is 0 Å². The summed E-state index contributed by atoms with van der Waals surface area (Å²) in [5.74, 6) is 1.56. The van der Waals surface area contributed by atoms with Gasteiger partial charge in [0, 0.05) is 11.3 Å². The minimum Gasteiger partial charge on any atom is -0.474 e. The number of ether oxygens (including phenoxy) is 1. The lowest BCUT2D eigenvalue weighted by Crippen LogP contribution is -2.61. The smallest absolute Gasteiger partial charge is 0.291 e. The number of nitrogens with zero attached hydrogens (tertiary/aromatic N) is 1. The summed E-state index contributed by atoms with van der Waals surface area (Å²) < 4.78 is 11.5. The van der Waals surface area contributed by atoms with Crippen molar-refractivity contribution >= 4 is 23.5 Å². The number of hydrogen-bond acceptors (Lipinski definition) is 7. The van der Waals surface area contributed by atoms with Crippen LogP contribution in [0.5, 0.6) is 5.88 Å². The third-order valence-corrected chi connectivity index (χ3v) is 9.88. The van der Waals surface area contributed by atoms with E-state index in [9.17, 15) is 14.7 Å². The number of thioether (sulfide) groups is 1. The summed E-state index contributed by atoms with van der Waals surface area (Å²) in [5.41, 5.74) is -1.17. The second-order valence-electron chi connectivity index (χ2n) is 11.6. The van der Waals surface area contributed by atoms with Crippen LogP contribution in [0.4, 0.5) is 0 Å². The number of amides is 1. The first-order valence-corrected chi connectivity index (χ1v) is 13.3. The number of aromatic nitrogens is 1. The molecular weight excluding hydrogens is 440 g/mol. The summed E-state index contributed by atoms with van der Waals surface area (Å²) in [6.07, 6.45) is 9.21. The molecule has 5 saturated carbocycles. The maximum atomic E-state index is 13.4. The fourth-order valence-corrected chi connectivity index (χ4v) is 7.90. The molecule has 0 saturated heterocycles. The van der Waals surface area contributed by atoms with Crippen molar-refractivity contribution in [3.63, 3.8) is 0 Å². The van der Waals surface area contributed by atoms with E-state index in [1.165, 1.54) is 12.8 Å². The molecule has 2 N–H and O–H groups in total. The monoisotopic (exact) mass is 476 g/mol. The Bertz CT molecular complexity index is 906. The predicted molar refractivity (Wildman–Crippen MR) is 124 cm³/mol. The summed E-state index contributed by atoms with van der Waals surface area (Å²) in [7, 11) is 0. The van der Waals surface area contributed by atoms with Gasteiger partial charge in [-0.1, -0.05) is 12.8 Å². The lowest BCUT2D eigenvalue weighted by Gasteiger charge is -2.58. The third kappa shape index (κ3) is 4.57. The molecule has 5 aliphatic rings. The van der Waals surface area contributed by atoms with Crippen LogP contribution in [0.2, 0.25) is 0 Å². The first-order chi connectivity index (χ1) is 15.6. The summed E-state index contributed by atoms with van der Waals surface area (Å²) >= 11 is 1.62. The second kappa shape index (κ2) is 8.59. The molecule has 7 nitrogen and oxygen atoms in total. The van der Waals surface area contributed by atoms with Crippen molar-refractivity contribution in [2.24, 2.45) is 23.2 Å². The highest BCUT2D eigenvalue weighted by Gasteiger charge is 2.55. The largest absolute Gasteiger partial charge is 0.474 e. The maximum absolute atomic E-state index is 13.4. The highest BCUT2D eigenvalue weighted by atomic mass is 32.2. The van der Waals surface area contributed by atoms with Crippen molar-refractivity contribution in [2.75, 3.05) is 6.61 Å². The molecule has 2 unspecified atom stereocenters. The van der Waals surface area contributed by atoms with E-state index >= 15 is 0 Å². The summed E-state index contributed by atoms with van der Waals surface area (Å²) in [4.78, 5) is 26.0. The molecule has 0 spiro atoms. The van der Waals surface area contributed by atoms with Crippen molar-refractivity contribution < 1.29 is 24.0 Å². The number of Topliss-reactive ketones (excluding diaryl/α,β-unsaturated/α-hetero) is 1. The molecule has 2 atom stereocenters. The highest BCUT2D eigenvalue weighted by molar-refractivity contribution is 8.00. The van der Waals surface area contributed by atoms with Crippen LogP contribution >= 0.6 is 11.8 Å². The SMILES string of the molecule is CC(=O)C(C)(C)COc1noc(C(=O)N[C@H]2C3CC4CC2C[C@](O)(C4)C3)c1SC1CCCC1. The number of rotatable bonds is 8. The quantitative estimate of drug-likeness (QED) is 0.574. The number of aliphatic hydroxyl groups is 1. The van der Waals surface area contributed by atoms with Crippen LogP contribution in [0.15, 0.2) is 9.42 Å². The zero-order valence-electron chi connectivity index (χ0n) is 19.9. The Morgan fingerprint density at radius 1 is 1.21 bits per heavy atom. The van der Waals surface area contributed by atoms with Gasteiger partial charge in [-0.05, 0) is 88.6 Å². The van der Waals surface area contributed by atoms with E-state index in [0.29, 0.717) is 33.8 Å². The van der Waals surface area contributed by atoms with Crippen molar-refractivity contribution in [3.05, 3.63) is 5.76 Å². The molecule has 6 rings (SSSR count). The topological polar surface area (TPSA) is 102 Å². The molecule has 0 aliphatic heterocycles. The van der Waals surface area contributed by atoms with Gasteiger partial charge in [-0.2, -0.15) is 0 Å². The van der Waals surface area contributed by atoms with Crippen molar-refractivity contribution in [1.82, 2.24) is 10.5 Å². The molecule has 5 aliphatic carbocycles. The van der Waals surface area contributed by atoms with Crippen LogP contribution in [0, 0.1) is 23.2 Å². The fraction of sp³-hybridized carbons (Fsp3) is 0.800. The zero-order valence-corrected chi connectivity index (χ0v) is 20.7. The van der Waals surface area contributed by atoms with Gasteiger partial charge in [0.15, 0.2) is 0 Å². The minimum atomic E-state index is -0.642. The average Bonchev–Trinajstić information content (AvgIpc) is 3.38. The molecule has 1 amide bonds. The van der Waals surface area contributed by atoms with Crippen LogP contribution in [0.1, 0.15) is 89.1 Å². The third-order valence-electron chi connectivity index (χ3n) is 8.47. The van der Waals surface area contributed by atoms with Crippen LogP contribution in [0.3, 0.4) is 0 Å². The molecule has 5 fully saturated rings. The molecule has 1 aromatic rings. The van der Waals surface area contributed by atoms with E-state index in [1.807, 2.05) is 13.8 Å².